The molecule has 0 unspecified atom stereocenters. The summed E-state index contributed by atoms with van der Waals surface area (Å²) in [5.41, 5.74) is -0.0449. The third-order valence-corrected chi connectivity index (χ3v) is 3.14. The van der Waals surface area contributed by atoms with Crippen LogP contribution in [0.1, 0.15) is 18.2 Å². The zero-order valence-electron chi connectivity index (χ0n) is 9.59. The number of anilines is 1. The topological polar surface area (TPSA) is 59.8 Å². The van der Waals surface area contributed by atoms with Crippen LogP contribution in [0.2, 0.25) is 0 Å². The lowest BCUT2D eigenvalue weighted by Crippen LogP contribution is -2.18. The Bertz CT molecular complexity index is 534. The van der Waals surface area contributed by atoms with Gasteiger partial charge < -0.3 is 5.32 Å². The molecule has 0 atom stereocenters. The summed E-state index contributed by atoms with van der Waals surface area (Å²) in [6.45, 7) is 3.55. The van der Waals surface area contributed by atoms with Crippen molar-refractivity contribution in [3.63, 3.8) is 0 Å². The summed E-state index contributed by atoms with van der Waals surface area (Å²) >= 11 is 1.57. The van der Waals surface area contributed by atoms with Crippen molar-refractivity contribution in [1.82, 2.24) is 14.5 Å². The fourth-order valence-electron chi connectivity index (χ4n) is 1.36. The van der Waals surface area contributed by atoms with Crippen LogP contribution in [-0.4, -0.2) is 21.1 Å². The molecular formula is C11H14N4OS. The van der Waals surface area contributed by atoms with E-state index in [-0.39, 0.29) is 5.56 Å². The highest BCUT2D eigenvalue weighted by Crippen LogP contribution is 2.18. The minimum atomic E-state index is -0.0449. The fraction of sp³-hybridized carbons (Fsp3) is 0.364. The van der Waals surface area contributed by atoms with E-state index in [1.807, 2.05) is 0 Å². The Hall–Kier alpha value is -1.69. The molecule has 0 aliphatic carbocycles. The first kappa shape index (κ1) is 11.8. The third-order valence-electron chi connectivity index (χ3n) is 2.20. The zero-order valence-corrected chi connectivity index (χ0v) is 10.4. The molecule has 0 radical (unpaired) electrons. The second-order valence-electron chi connectivity index (χ2n) is 3.60. The van der Waals surface area contributed by atoms with Crippen LogP contribution in [0.3, 0.4) is 0 Å². The number of nitrogens with one attached hydrogen (secondary N) is 1. The van der Waals surface area contributed by atoms with Crippen LogP contribution in [-0.2, 0) is 6.54 Å². The second-order valence-corrected chi connectivity index (χ2v) is 4.72. The van der Waals surface area contributed by atoms with Crippen LogP contribution in [0.25, 0.3) is 0 Å². The Kier molecular flexibility index (Phi) is 3.87. The number of hydrogen-bond acceptors (Lipinski definition) is 5. The molecule has 0 aliphatic rings. The van der Waals surface area contributed by atoms with Gasteiger partial charge in [0.25, 0.3) is 5.56 Å². The number of hydrogen-bond donors (Lipinski definition) is 1. The molecule has 0 amide bonds. The fourth-order valence-corrected chi connectivity index (χ4v) is 2.20. The van der Waals surface area contributed by atoms with E-state index in [9.17, 15) is 4.79 Å². The lowest BCUT2D eigenvalue weighted by molar-refractivity contribution is 0.744. The largest absolute Gasteiger partial charge is 0.362 e. The molecule has 0 spiro atoms. The summed E-state index contributed by atoms with van der Waals surface area (Å²) in [5.74, 6) is 0. The van der Waals surface area contributed by atoms with Crippen molar-refractivity contribution < 1.29 is 0 Å². The molecule has 2 aromatic rings. The smallest absolute Gasteiger partial charge is 0.253 e. The van der Waals surface area contributed by atoms with Crippen LogP contribution in [0.5, 0.6) is 0 Å². The Morgan fingerprint density at radius 1 is 1.53 bits per heavy atom. The van der Waals surface area contributed by atoms with Crippen molar-refractivity contribution in [2.45, 2.75) is 19.9 Å². The highest BCUT2D eigenvalue weighted by Gasteiger charge is 2.03. The molecule has 2 aromatic heterocycles. The molecule has 5 nitrogen and oxygen atoms in total. The molecule has 0 fully saturated rings. The van der Waals surface area contributed by atoms with Crippen molar-refractivity contribution in [3.8, 4) is 0 Å². The van der Waals surface area contributed by atoms with Crippen LogP contribution in [0.15, 0.2) is 29.6 Å². The van der Waals surface area contributed by atoms with E-state index < -0.39 is 0 Å². The molecule has 2 heterocycles. The maximum Gasteiger partial charge on any atom is 0.253 e. The average Bonchev–Trinajstić information content (AvgIpc) is 2.77. The first-order valence-electron chi connectivity index (χ1n) is 5.48. The summed E-state index contributed by atoms with van der Waals surface area (Å²) in [6.07, 6.45) is 5.90. The summed E-state index contributed by atoms with van der Waals surface area (Å²) in [5, 5.41) is 4.12. The normalized spacial score (nSPS) is 10.4. The van der Waals surface area contributed by atoms with Crippen molar-refractivity contribution in [2.75, 3.05) is 11.9 Å². The Morgan fingerprint density at radius 3 is 3.18 bits per heavy atom. The quantitative estimate of drug-likeness (QED) is 0.875. The molecule has 1 N–H and O–H groups in total. The Labute approximate surface area is 103 Å². The molecule has 17 heavy (non-hydrogen) atoms. The minimum Gasteiger partial charge on any atom is -0.362 e. The Morgan fingerprint density at radius 2 is 2.41 bits per heavy atom. The monoisotopic (exact) mass is 250 g/mol. The number of thiazole rings is 1. The first-order chi connectivity index (χ1) is 8.29. The van der Waals surface area contributed by atoms with E-state index in [2.05, 4.69) is 22.2 Å². The molecule has 0 bridgehead atoms. The van der Waals surface area contributed by atoms with Gasteiger partial charge in [-0.25, -0.2) is 9.97 Å². The van der Waals surface area contributed by atoms with Crippen LogP contribution < -0.4 is 10.9 Å². The third kappa shape index (κ3) is 3.13. The van der Waals surface area contributed by atoms with Gasteiger partial charge in [0, 0.05) is 29.9 Å². The average molecular weight is 250 g/mol. The molecule has 6 heteroatoms. The van der Waals surface area contributed by atoms with E-state index >= 15 is 0 Å². The molecule has 0 aliphatic heterocycles. The van der Waals surface area contributed by atoms with E-state index in [1.54, 1.807) is 28.4 Å². The molecule has 90 valence electrons. The SMILES string of the molecule is CCCNc1ncc(Cn2cnccc2=O)s1. The van der Waals surface area contributed by atoms with Gasteiger partial charge in [-0.05, 0) is 6.42 Å². The zero-order chi connectivity index (χ0) is 12.1. The summed E-state index contributed by atoms with van der Waals surface area (Å²) < 4.78 is 1.57. The maximum absolute atomic E-state index is 11.5. The predicted molar refractivity (Wildman–Crippen MR) is 68.5 cm³/mol. The highest BCUT2D eigenvalue weighted by atomic mass is 32.1. The lowest BCUT2D eigenvalue weighted by Gasteiger charge is -2.00. The van der Waals surface area contributed by atoms with Gasteiger partial charge in [0.1, 0.15) is 0 Å². The summed E-state index contributed by atoms with van der Waals surface area (Å²) in [7, 11) is 0. The van der Waals surface area contributed by atoms with E-state index in [4.69, 9.17) is 0 Å². The highest BCUT2D eigenvalue weighted by molar-refractivity contribution is 7.15. The second kappa shape index (κ2) is 5.58. The van der Waals surface area contributed by atoms with Gasteiger partial charge in [-0.2, -0.15) is 0 Å². The number of aromatic nitrogens is 3. The lowest BCUT2D eigenvalue weighted by atomic mass is 10.5. The van der Waals surface area contributed by atoms with Gasteiger partial charge in [-0.3, -0.25) is 9.36 Å². The maximum atomic E-state index is 11.5. The summed E-state index contributed by atoms with van der Waals surface area (Å²) in [4.78, 5) is 20.7. The van der Waals surface area contributed by atoms with Gasteiger partial charge in [-0.1, -0.05) is 6.92 Å². The van der Waals surface area contributed by atoms with E-state index in [0.29, 0.717) is 6.54 Å². The first-order valence-corrected chi connectivity index (χ1v) is 6.30. The molecule has 2 rings (SSSR count). The van der Waals surface area contributed by atoms with Gasteiger partial charge in [-0.15, -0.1) is 11.3 Å². The number of nitrogens with zero attached hydrogens (tertiary/aromatic N) is 3. The van der Waals surface area contributed by atoms with Crippen LogP contribution in [0.4, 0.5) is 5.13 Å². The predicted octanol–water partition coefficient (Wildman–Crippen LogP) is 1.57. The summed E-state index contributed by atoms with van der Waals surface area (Å²) in [6, 6.07) is 1.46. The van der Waals surface area contributed by atoms with Crippen LogP contribution >= 0.6 is 11.3 Å². The van der Waals surface area contributed by atoms with Gasteiger partial charge >= 0.3 is 0 Å². The minimum absolute atomic E-state index is 0.0449. The van der Waals surface area contributed by atoms with Crippen LogP contribution in [0, 0.1) is 0 Å². The molecule has 0 aromatic carbocycles. The van der Waals surface area contributed by atoms with Gasteiger partial charge in [0.2, 0.25) is 0 Å². The number of rotatable bonds is 5. The van der Waals surface area contributed by atoms with Gasteiger partial charge in [0.15, 0.2) is 5.13 Å². The molecular weight excluding hydrogens is 236 g/mol. The van der Waals surface area contributed by atoms with Crippen molar-refractivity contribution in [1.29, 1.82) is 0 Å². The molecule has 0 saturated carbocycles. The van der Waals surface area contributed by atoms with Crippen molar-refractivity contribution >= 4 is 16.5 Å². The molecule has 0 saturated heterocycles. The van der Waals surface area contributed by atoms with Crippen molar-refractivity contribution in [3.05, 3.63) is 40.0 Å². The Balaban J connectivity index is 2.07. The van der Waals surface area contributed by atoms with Crippen molar-refractivity contribution in [2.24, 2.45) is 0 Å². The van der Waals surface area contributed by atoms with E-state index in [0.717, 1.165) is 23.0 Å². The van der Waals surface area contributed by atoms with Gasteiger partial charge in [0.05, 0.1) is 12.9 Å². The standard InChI is InChI=1S/C11H14N4OS/c1-2-4-13-11-14-6-9(17-11)7-15-8-12-5-3-10(15)16/h3,5-6,8H,2,4,7H2,1H3,(H,13,14). The van der Waals surface area contributed by atoms with E-state index in [1.165, 1.54) is 12.3 Å².